The predicted octanol–water partition coefficient (Wildman–Crippen LogP) is 2.69. The maximum absolute atomic E-state index is 6.09. The molecular formula is C12H14ClN3O. The quantitative estimate of drug-likeness (QED) is 0.908. The molecule has 0 atom stereocenters. The lowest BCUT2D eigenvalue weighted by atomic mass is 10.3. The molecule has 1 heterocycles. The standard InChI is InChI=1S/C12H14ClN3O/c1-16-8-9(7-15-16)6-14-12-5-10(17-2)3-4-11(12)13/h3-5,7-8,14H,6H2,1-2H3. The van der Waals surface area contributed by atoms with Crippen molar-refractivity contribution in [3.63, 3.8) is 0 Å². The Labute approximate surface area is 105 Å². The van der Waals surface area contributed by atoms with Crippen molar-refractivity contribution < 1.29 is 4.74 Å². The van der Waals surface area contributed by atoms with Gasteiger partial charge in [0.05, 0.1) is 24.0 Å². The van der Waals surface area contributed by atoms with E-state index < -0.39 is 0 Å². The Morgan fingerprint density at radius 3 is 2.94 bits per heavy atom. The van der Waals surface area contributed by atoms with Gasteiger partial charge < -0.3 is 10.1 Å². The van der Waals surface area contributed by atoms with Crippen LogP contribution in [0.4, 0.5) is 5.69 Å². The molecule has 4 nitrogen and oxygen atoms in total. The molecule has 0 unspecified atom stereocenters. The normalized spacial score (nSPS) is 10.3. The third-order valence-corrected chi connectivity index (χ3v) is 2.74. The predicted molar refractivity (Wildman–Crippen MR) is 68.5 cm³/mol. The van der Waals surface area contributed by atoms with Crippen LogP contribution < -0.4 is 10.1 Å². The number of rotatable bonds is 4. The summed E-state index contributed by atoms with van der Waals surface area (Å²) in [7, 11) is 3.52. The van der Waals surface area contributed by atoms with E-state index >= 15 is 0 Å². The number of nitrogens with one attached hydrogen (secondary N) is 1. The van der Waals surface area contributed by atoms with E-state index in [9.17, 15) is 0 Å². The van der Waals surface area contributed by atoms with Crippen molar-refractivity contribution in [1.29, 1.82) is 0 Å². The number of aromatic nitrogens is 2. The van der Waals surface area contributed by atoms with Crippen LogP contribution in [0.2, 0.25) is 5.02 Å². The molecule has 1 N–H and O–H groups in total. The average molecular weight is 252 g/mol. The van der Waals surface area contributed by atoms with Crippen LogP contribution in [-0.2, 0) is 13.6 Å². The summed E-state index contributed by atoms with van der Waals surface area (Å²) in [5, 5.41) is 8.03. The molecule has 0 aliphatic carbocycles. The summed E-state index contributed by atoms with van der Waals surface area (Å²) in [6, 6.07) is 5.52. The maximum Gasteiger partial charge on any atom is 0.121 e. The van der Waals surface area contributed by atoms with Crippen molar-refractivity contribution in [2.75, 3.05) is 12.4 Å². The Morgan fingerprint density at radius 2 is 2.29 bits per heavy atom. The van der Waals surface area contributed by atoms with E-state index in [4.69, 9.17) is 16.3 Å². The van der Waals surface area contributed by atoms with E-state index in [1.54, 1.807) is 11.8 Å². The van der Waals surface area contributed by atoms with Crippen molar-refractivity contribution >= 4 is 17.3 Å². The van der Waals surface area contributed by atoms with Gasteiger partial charge in [0.15, 0.2) is 0 Å². The molecule has 1 aromatic carbocycles. The van der Waals surface area contributed by atoms with Gasteiger partial charge in [0.1, 0.15) is 5.75 Å². The van der Waals surface area contributed by atoms with Crippen molar-refractivity contribution in [1.82, 2.24) is 9.78 Å². The molecule has 0 amide bonds. The highest BCUT2D eigenvalue weighted by molar-refractivity contribution is 6.33. The van der Waals surface area contributed by atoms with E-state index in [1.165, 1.54) is 0 Å². The Hall–Kier alpha value is -1.68. The maximum atomic E-state index is 6.09. The number of hydrogen-bond acceptors (Lipinski definition) is 3. The molecule has 0 saturated heterocycles. The molecule has 0 aliphatic rings. The second kappa shape index (κ2) is 5.10. The first-order chi connectivity index (χ1) is 8.19. The highest BCUT2D eigenvalue weighted by Gasteiger charge is 2.03. The van der Waals surface area contributed by atoms with E-state index in [-0.39, 0.29) is 0 Å². The monoisotopic (exact) mass is 251 g/mol. The van der Waals surface area contributed by atoms with Crippen molar-refractivity contribution in [2.45, 2.75) is 6.54 Å². The largest absolute Gasteiger partial charge is 0.497 e. The first-order valence-electron chi connectivity index (χ1n) is 5.24. The van der Waals surface area contributed by atoms with Crippen LogP contribution in [0.3, 0.4) is 0 Å². The van der Waals surface area contributed by atoms with Gasteiger partial charge in [-0.2, -0.15) is 5.10 Å². The Morgan fingerprint density at radius 1 is 1.47 bits per heavy atom. The Kier molecular flexibility index (Phi) is 3.54. The van der Waals surface area contributed by atoms with Gasteiger partial charge in [0, 0.05) is 31.4 Å². The number of ether oxygens (including phenoxy) is 1. The summed E-state index contributed by atoms with van der Waals surface area (Å²) in [6.07, 6.45) is 3.78. The molecule has 0 saturated carbocycles. The first-order valence-corrected chi connectivity index (χ1v) is 5.62. The zero-order valence-corrected chi connectivity index (χ0v) is 10.5. The fourth-order valence-electron chi connectivity index (χ4n) is 1.53. The van der Waals surface area contributed by atoms with Crippen LogP contribution in [0, 0.1) is 0 Å². The Balaban J connectivity index is 2.07. The summed E-state index contributed by atoms with van der Waals surface area (Å²) in [5.74, 6) is 0.781. The van der Waals surface area contributed by atoms with Crippen molar-refractivity contribution in [2.24, 2.45) is 7.05 Å². The lowest BCUT2D eigenvalue weighted by Crippen LogP contribution is -1.99. The zero-order valence-electron chi connectivity index (χ0n) is 9.77. The molecule has 5 heteroatoms. The van der Waals surface area contributed by atoms with Crippen LogP contribution in [0.15, 0.2) is 30.6 Å². The Bertz CT molecular complexity index is 510. The third kappa shape index (κ3) is 2.91. The van der Waals surface area contributed by atoms with E-state index in [0.717, 1.165) is 17.0 Å². The highest BCUT2D eigenvalue weighted by Crippen LogP contribution is 2.26. The summed E-state index contributed by atoms with van der Waals surface area (Å²) < 4.78 is 6.92. The number of aryl methyl sites for hydroxylation is 1. The summed E-state index contributed by atoms with van der Waals surface area (Å²) in [5.41, 5.74) is 1.96. The fourth-order valence-corrected chi connectivity index (χ4v) is 1.71. The number of halogens is 1. The molecule has 2 aromatic rings. The van der Waals surface area contributed by atoms with Gasteiger partial charge in [-0.1, -0.05) is 11.6 Å². The van der Waals surface area contributed by atoms with Gasteiger partial charge in [0.2, 0.25) is 0 Å². The minimum atomic E-state index is 0.676. The first kappa shape index (κ1) is 11.8. The van der Waals surface area contributed by atoms with Crippen molar-refractivity contribution in [3.05, 3.63) is 41.2 Å². The van der Waals surface area contributed by atoms with E-state index in [2.05, 4.69) is 10.4 Å². The van der Waals surface area contributed by atoms with E-state index in [1.807, 2.05) is 37.6 Å². The molecule has 0 fully saturated rings. The number of nitrogens with zero attached hydrogens (tertiary/aromatic N) is 2. The molecule has 0 spiro atoms. The van der Waals surface area contributed by atoms with Crippen molar-refractivity contribution in [3.8, 4) is 5.75 Å². The van der Waals surface area contributed by atoms with Gasteiger partial charge in [-0.3, -0.25) is 4.68 Å². The number of methoxy groups -OCH3 is 1. The fraction of sp³-hybridized carbons (Fsp3) is 0.250. The third-order valence-electron chi connectivity index (χ3n) is 2.41. The zero-order chi connectivity index (χ0) is 12.3. The summed E-state index contributed by atoms with van der Waals surface area (Å²) in [6.45, 7) is 0.681. The SMILES string of the molecule is COc1ccc(Cl)c(NCc2cnn(C)c2)c1. The van der Waals surface area contributed by atoms with Crippen LogP contribution in [0.1, 0.15) is 5.56 Å². The molecular weight excluding hydrogens is 238 g/mol. The van der Waals surface area contributed by atoms with Gasteiger partial charge in [0.25, 0.3) is 0 Å². The van der Waals surface area contributed by atoms with Gasteiger partial charge >= 0.3 is 0 Å². The van der Waals surface area contributed by atoms with Gasteiger partial charge in [-0.05, 0) is 12.1 Å². The number of anilines is 1. The lowest BCUT2D eigenvalue weighted by molar-refractivity contribution is 0.415. The second-order valence-electron chi connectivity index (χ2n) is 3.72. The highest BCUT2D eigenvalue weighted by atomic mass is 35.5. The van der Waals surface area contributed by atoms with Crippen LogP contribution in [-0.4, -0.2) is 16.9 Å². The number of benzene rings is 1. The molecule has 17 heavy (non-hydrogen) atoms. The summed E-state index contributed by atoms with van der Waals surface area (Å²) >= 11 is 6.09. The smallest absolute Gasteiger partial charge is 0.121 e. The molecule has 0 radical (unpaired) electrons. The molecule has 1 aromatic heterocycles. The second-order valence-corrected chi connectivity index (χ2v) is 4.13. The van der Waals surface area contributed by atoms with Crippen LogP contribution in [0.5, 0.6) is 5.75 Å². The average Bonchev–Trinajstić information content (AvgIpc) is 2.74. The minimum absolute atomic E-state index is 0.676. The van der Waals surface area contributed by atoms with Gasteiger partial charge in [-0.15, -0.1) is 0 Å². The molecule has 0 bridgehead atoms. The van der Waals surface area contributed by atoms with E-state index in [0.29, 0.717) is 11.6 Å². The van der Waals surface area contributed by atoms with Crippen LogP contribution in [0.25, 0.3) is 0 Å². The molecule has 2 rings (SSSR count). The molecule has 0 aliphatic heterocycles. The topological polar surface area (TPSA) is 39.1 Å². The minimum Gasteiger partial charge on any atom is -0.497 e. The molecule has 90 valence electrons. The lowest BCUT2D eigenvalue weighted by Gasteiger charge is -2.09. The number of hydrogen-bond donors (Lipinski definition) is 1. The summed E-state index contributed by atoms with van der Waals surface area (Å²) in [4.78, 5) is 0. The van der Waals surface area contributed by atoms with Crippen LogP contribution >= 0.6 is 11.6 Å². The van der Waals surface area contributed by atoms with Gasteiger partial charge in [-0.25, -0.2) is 0 Å².